The number of alkyl carbamates (subject to hydrolysis) is 1. The summed E-state index contributed by atoms with van der Waals surface area (Å²) in [6.45, 7) is 3.97. The molecule has 2 N–H and O–H groups in total. The van der Waals surface area contributed by atoms with Gasteiger partial charge < -0.3 is 20.1 Å². The number of nitrogens with one attached hydrogen (secondary N) is 2. The first-order chi connectivity index (χ1) is 18.6. The number of hydrogen-bond acceptors (Lipinski definition) is 11. The molecule has 0 radical (unpaired) electrons. The molecule has 2 saturated heterocycles. The number of fused-ring (bicyclic) bond motifs is 1. The average molecular weight is 602 g/mol. The van der Waals surface area contributed by atoms with Crippen molar-refractivity contribution in [1.82, 2.24) is 28.6 Å². The first-order valence-electron chi connectivity index (χ1n) is 12.2. The number of carbonyl (C=O) groups excluding carboxylic acids is 3. The van der Waals surface area contributed by atoms with Crippen LogP contribution in [0.4, 0.5) is 9.93 Å². The Morgan fingerprint density at radius 3 is 2.74 bits per heavy atom. The molecule has 4 heterocycles. The molecule has 2 aliphatic heterocycles. The van der Waals surface area contributed by atoms with Crippen molar-refractivity contribution in [3.8, 4) is 5.88 Å². The van der Waals surface area contributed by atoms with Gasteiger partial charge in [-0.25, -0.2) is 9.78 Å². The van der Waals surface area contributed by atoms with Crippen LogP contribution in [0.5, 0.6) is 5.88 Å². The molecule has 2 aromatic heterocycles. The summed E-state index contributed by atoms with van der Waals surface area (Å²) in [5.41, 5.74) is 0. The quantitative estimate of drug-likeness (QED) is 0.379. The Kier molecular flexibility index (Phi) is 9.05. The molecule has 2 aromatic rings. The van der Waals surface area contributed by atoms with Crippen LogP contribution in [0.15, 0.2) is 12.3 Å². The normalized spacial score (nSPS) is 21.3. The van der Waals surface area contributed by atoms with Gasteiger partial charge >= 0.3 is 6.09 Å². The third-order valence-corrected chi connectivity index (χ3v) is 10.2. The highest BCUT2D eigenvalue weighted by atomic mass is 32.2. The Morgan fingerprint density at radius 1 is 1.28 bits per heavy atom. The van der Waals surface area contributed by atoms with Crippen LogP contribution < -0.4 is 20.3 Å². The fourth-order valence-corrected chi connectivity index (χ4v) is 7.77. The van der Waals surface area contributed by atoms with E-state index in [1.54, 1.807) is 31.0 Å². The summed E-state index contributed by atoms with van der Waals surface area (Å²) in [6.07, 6.45) is 1.43. The van der Waals surface area contributed by atoms with Gasteiger partial charge in [0.25, 0.3) is 10.2 Å². The Bertz CT molecular complexity index is 1310. The Balaban J connectivity index is 1.39. The van der Waals surface area contributed by atoms with E-state index in [4.69, 9.17) is 9.47 Å². The number of hydrogen-bond donors (Lipinski definition) is 2. The highest BCUT2D eigenvalue weighted by Gasteiger charge is 2.56. The van der Waals surface area contributed by atoms with Gasteiger partial charge in [-0.1, -0.05) is 18.3 Å². The summed E-state index contributed by atoms with van der Waals surface area (Å²) in [7, 11) is -1.19. The number of nitrogens with zero attached hydrogens (tertiary/aromatic N) is 5. The Morgan fingerprint density at radius 2 is 2.05 bits per heavy atom. The number of likely N-dealkylation sites (N-methyl/N-ethyl adjacent to an activating group) is 1. The molecule has 0 unspecified atom stereocenters. The van der Waals surface area contributed by atoms with E-state index in [9.17, 15) is 22.8 Å². The van der Waals surface area contributed by atoms with Crippen LogP contribution in [0.2, 0.25) is 0 Å². The third-order valence-electron chi connectivity index (χ3n) is 6.52. The van der Waals surface area contributed by atoms with Crippen molar-refractivity contribution >= 4 is 56.1 Å². The SMILES string of the molecule is CCNC(=O)OCc1cnc(N2C(=O)[C@@H](C)[C@@H]3[C@@H]2CCN3S(=O)(=O)N(C)CC(=O)NCc2cc(OC)ns2)s1. The van der Waals surface area contributed by atoms with Gasteiger partial charge in [0.2, 0.25) is 17.7 Å². The molecule has 2 fully saturated rings. The molecule has 0 bridgehead atoms. The van der Waals surface area contributed by atoms with E-state index in [1.165, 1.54) is 41.3 Å². The van der Waals surface area contributed by atoms with Crippen LogP contribution in [0.1, 0.15) is 30.0 Å². The smallest absolute Gasteiger partial charge is 0.407 e. The van der Waals surface area contributed by atoms with Crippen molar-refractivity contribution in [2.45, 2.75) is 45.5 Å². The van der Waals surface area contributed by atoms with Gasteiger partial charge in [0, 0.05) is 37.3 Å². The van der Waals surface area contributed by atoms with Crippen LogP contribution >= 0.6 is 22.9 Å². The standard InChI is InChI=1S/C22H31N7O7S3/c1-5-23-22(32)36-12-15-10-25-21(37-15)29-16-6-7-28(19(16)13(2)20(29)31)39(33,34)27(3)11-17(30)24-9-14-8-18(35-4)26-38-14/h8,10,13,16,19H,5-7,9,11-12H2,1-4H3,(H,23,32)(H,24,30)/t13-,16-,19+/m0/s1. The molecule has 0 saturated carbocycles. The lowest BCUT2D eigenvalue weighted by atomic mass is 10.0. The fourth-order valence-electron chi connectivity index (χ4n) is 4.66. The summed E-state index contributed by atoms with van der Waals surface area (Å²) in [5, 5.41) is 5.66. The summed E-state index contributed by atoms with van der Waals surface area (Å²) < 4.78 is 43.5. The van der Waals surface area contributed by atoms with Crippen molar-refractivity contribution in [3.63, 3.8) is 0 Å². The largest absolute Gasteiger partial charge is 0.480 e. The number of amides is 3. The van der Waals surface area contributed by atoms with Crippen molar-refractivity contribution in [2.75, 3.05) is 38.7 Å². The maximum absolute atomic E-state index is 13.5. The van der Waals surface area contributed by atoms with E-state index in [0.717, 1.165) is 9.18 Å². The number of aromatic nitrogens is 2. The molecule has 0 aliphatic carbocycles. The Labute approximate surface area is 234 Å². The third kappa shape index (κ3) is 6.16. The molecule has 3 atom stereocenters. The van der Waals surface area contributed by atoms with Crippen LogP contribution in [0.3, 0.4) is 0 Å². The zero-order valence-electron chi connectivity index (χ0n) is 21.9. The van der Waals surface area contributed by atoms with E-state index in [2.05, 4.69) is 20.0 Å². The molecule has 3 amide bonds. The summed E-state index contributed by atoms with van der Waals surface area (Å²) >= 11 is 2.40. The molecule has 0 aromatic carbocycles. The van der Waals surface area contributed by atoms with Gasteiger partial charge in [0.1, 0.15) is 6.61 Å². The monoisotopic (exact) mass is 601 g/mol. The average Bonchev–Trinajstić information content (AvgIpc) is 3.68. The summed E-state index contributed by atoms with van der Waals surface area (Å²) in [6, 6.07) is 0.701. The van der Waals surface area contributed by atoms with Crippen molar-refractivity contribution in [1.29, 1.82) is 0 Å². The molecule has 4 rings (SSSR count). The highest BCUT2D eigenvalue weighted by Crippen LogP contribution is 2.42. The highest BCUT2D eigenvalue weighted by molar-refractivity contribution is 7.86. The predicted octanol–water partition coefficient (Wildman–Crippen LogP) is 0.773. The topological polar surface area (TPSA) is 163 Å². The first-order valence-corrected chi connectivity index (χ1v) is 15.2. The van der Waals surface area contributed by atoms with Gasteiger partial charge in [-0.3, -0.25) is 14.5 Å². The number of anilines is 1. The lowest BCUT2D eigenvalue weighted by Crippen LogP contribution is -2.50. The lowest BCUT2D eigenvalue weighted by molar-refractivity contribution is -0.122. The molecule has 2 aliphatic rings. The summed E-state index contributed by atoms with van der Waals surface area (Å²) in [4.78, 5) is 44.6. The van der Waals surface area contributed by atoms with E-state index < -0.39 is 40.2 Å². The minimum Gasteiger partial charge on any atom is -0.480 e. The van der Waals surface area contributed by atoms with Gasteiger partial charge in [-0.2, -0.15) is 21.4 Å². The van der Waals surface area contributed by atoms with Crippen molar-refractivity contribution < 1.29 is 32.3 Å². The lowest BCUT2D eigenvalue weighted by Gasteiger charge is -2.29. The number of carbonyl (C=O) groups is 3. The maximum atomic E-state index is 13.5. The minimum atomic E-state index is -4.04. The van der Waals surface area contributed by atoms with Crippen LogP contribution in [0, 0.1) is 5.92 Å². The second-order valence-corrected chi connectivity index (χ2v) is 13.0. The van der Waals surface area contributed by atoms with Crippen molar-refractivity contribution in [3.05, 3.63) is 22.0 Å². The fraction of sp³-hybridized carbons (Fsp3) is 0.591. The molecule has 214 valence electrons. The molecule has 0 spiro atoms. The molecular formula is C22H31N7O7S3. The Hall–Kier alpha value is -2.86. The number of methoxy groups -OCH3 is 1. The molecule has 14 nitrogen and oxygen atoms in total. The van der Waals surface area contributed by atoms with Crippen LogP contribution in [-0.4, -0.2) is 90.2 Å². The van der Waals surface area contributed by atoms with Gasteiger partial charge in [0.15, 0.2) is 5.13 Å². The number of rotatable bonds is 11. The maximum Gasteiger partial charge on any atom is 0.407 e. The van der Waals surface area contributed by atoms with E-state index >= 15 is 0 Å². The van der Waals surface area contributed by atoms with Crippen molar-refractivity contribution in [2.24, 2.45) is 5.92 Å². The van der Waals surface area contributed by atoms with Gasteiger partial charge in [0.05, 0.1) is 43.1 Å². The molecule has 17 heteroatoms. The van der Waals surface area contributed by atoms with Crippen LogP contribution in [-0.2, 0) is 37.7 Å². The number of thiazole rings is 1. The van der Waals surface area contributed by atoms with E-state index in [1.807, 2.05) is 0 Å². The minimum absolute atomic E-state index is 0.0130. The molecule has 39 heavy (non-hydrogen) atoms. The van der Waals surface area contributed by atoms with Crippen LogP contribution in [0.25, 0.3) is 0 Å². The van der Waals surface area contributed by atoms with Gasteiger partial charge in [-0.05, 0) is 24.9 Å². The second-order valence-electron chi connectivity index (χ2n) is 9.05. The summed E-state index contributed by atoms with van der Waals surface area (Å²) in [5.74, 6) is -0.847. The zero-order valence-corrected chi connectivity index (χ0v) is 24.4. The second kappa shape index (κ2) is 12.1. The van der Waals surface area contributed by atoms with Gasteiger partial charge in [-0.15, -0.1) is 0 Å². The zero-order chi connectivity index (χ0) is 28.3. The number of ether oxygens (including phenoxy) is 2. The first kappa shape index (κ1) is 29.1. The predicted molar refractivity (Wildman–Crippen MR) is 144 cm³/mol. The molecular weight excluding hydrogens is 570 g/mol. The van der Waals surface area contributed by atoms with E-state index in [-0.39, 0.29) is 32.1 Å². The van der Waals surface area contributed by atoms with E-state index in [0.29, 0.717) is 28.9 Å².